The van der Waals surface area contributed by atoms with E-state index in [1.54, 1.807) is 25.1 Å². The molecule has 3 rings (SSSR count). The highest BCUT2D eigenvalue weighted by Crippen LogP contribution is 2.33. The topological polar surface area (TPSA) is 103 Å². The lowest BCUT2D eigenvalue weighted by Crippen LogP contribution is -2.34. The van der Waals surface area contributed by atoms with Gasteiger partial charge >= 0.3 is 6.01 Å². The van der Waals surface area contributed by atoms with Crippen LogP contribution < -0.4 is 15.8 Å². The van der Waals surface area contributed by atoms with Crippen molar-refractivity contribution < 1.29 is 13.9 Å². The van der Waals surface area contributed by atoms with Crippen LogP contribution in [-0.2, 0) is 4.79 Å². The number of anilines is 2. The van der Waals surface area contributed by atoms with Gasteiger partial charge in [0.15, 0.2) is 6.10 Å². The standard InChI is InChI=1S/C11H10N4O3/c1-5-9(16)13-7-4-6(2-3-8(7)17-5)10-14-15-11(12)18-10/h2-5H,1H3,(H2,12,15)(H,13,16). The number of benzene rings is 1. The molecular formula is C11H10N4O3. The number of hydrogen-bond donors (Lipinski definition) is 2. The summed E-state index contributed by atoms with van der Waals surface area (Å²) in [5.74, 6) is 0.714. The molecule has 0 aliphatic carbocycles. The number of hydrogen-bond acceptors (Lipinski definition) is 6. The Labute approximate surface area is 102 Å². The normalized spacial score (nSPS) is 17.8. The maximum Gasteiger partial charge on any atom is 0.313 e. The summed E-state index contributed by atoms with van der Waals surface area (Å²) in [6.45, 7) is 1.69. The minimum absolute atomic E-state index is 0.00312. The van der Waals surface area contributed by atoms with Gasteiger partial charge in [-0.2, -0.15) is 0 Å². The molecular weight excluding hydrogens is 236 g/mol. The Balaban J connectivity index is 2.01. The average Bonchev–Trinajstić information content (AvgIpc) is 2.77. The highest BCUT2D eigenvalue weighted by Gasteiger charge is 2.24. The van der Waals surface area contributed by atoms with Gasteiger partial charge in [-0.1, -0.05) is 5.10 Å². The Morgan fingerprint density at radius 2 is 2.22 bits per heavy atom. The number of nitrogen functional groups attached to an aromatic ring is 1. The third-order valence-electron chi connectivity index (χ3n) is 2.60. The molecule has 0 radical (unpaired) electrons. The minimum Gasteiger partial charge on any atom is -0.479 e. The molecule has 2 aromatic rings. The summed E-state index contributed by atoms with van der Waals surface area (Å²) in [6.07, 6.45) is -0.498. The fraction of sp³-hybridized carbons (Fsp3) is 0.182. The summed E-state index contributed by atoms with van der Waals surface area (Å²) in [7, 11) is 0. The first kappa shape index (κ1) is 10.6. The molecule has 0 saturated heterocycles. The van der Waals surface area contributed by atoms with E-state index in [0.29, 0.717) is 22.9 Å². The fourth-order valence-electron chi connectivity index (χ4n) is 1.69. The second-order valence-electron chi connectivity index (χ2n) is 3.91. The van der Waals surface area contributed by atoms with Crippen LogP contribution in [0.15, 0.2) is 22.6 Å². The van der Waals surface area contributed by atoms with Crippen molar-refractivity contribution in [2.75, 3.05) is 11.1 Å². The van der Waals surface area contributed by atoms with E-state index in [4.69, 9.17) is 14.9 Å². The van der Waals surface area contributed by atoms with E-state index in [2.05, 4.69) is 15.5 Å². The van der Waals surface area contributed by atoms with Gasteiger partial charge in [0, 0.05) is 5.56 Å². The van der Waals surface area contributed by atoms with Crippen LogP contribution in [0.1, 0.15) is 6.92 Å². The summed E-state index contributed by atoms with van der Waals surface area (Å²) < 4.78 is 10.5. The molecule has 92 valence electrons. The van der Waals surface area contributed by atoms with E-state index >= 15 is 0 Å². The first-order chi connectivity index (χ1) is 8.63. The van der Waals surface area contributed by atoms with E-state index < -0.39 is 6.10 Å². The van der Waals surface area contributed by atoms with Gasteiger partial charge in [0.05, 0.1) is 5.69 Å². The van der Waals surface area contributed by atoms with Crippen LogP contribution in [0.5, 0.6) is 5.75 Å². The van der Waals surface area contributed by atoms with Crippen molar-refractivity contribution in [2.45, 2.75) is 13.0 Å². The molecule has 7 heteroatoms. The van der Waals surface area contributed by atoms with Gasteiger partial charge in [0.1, 0.15) is 5.75 Å². The molecule has 1 unspecified atom stereocenters. The van der Waals surface area contributed by atoms with E-state index in [0.717, 1.165) is 0 Å². The van der Waals surface area contributed by atoms with Crippen molar-refractivity contribution in [1.82, 2.24) is 10.2 Å². The van der Waals surface area contributed by atoms with Crippen LogP contribution in [0.2, 0.25) is 0 Å². The Hall–Kier alpha value is -2.57. The lowest BCUT2D eigenvalue weighted by Gasteiger charge is -2.23. The van der Waals surface area contributed by atoms with Crippen molar-refractivity contribution in [3.8, 4) is 17.2 Å². The molecule has 0 fully saturated rings. The van der Waals surface area contributed by atoms with Gasteiger partial charge in [0.2, 0.25) is 5.89 Å². The second kappa shape index (κ2) is 3.73. The number of nitrogens with zero attached hydrogens (tertiary/aromatic N) is 2. The van der Waals surface area contributed by atoms with Gasteiger partial charge in [-0.15, -0.1) is 5.10 Å². The van der Waals surface area contributed by atoms with Crippen LogP contribution in [-0.4, -0.2) is 22.2 Å². The van der Waals surface area contributed by atoms with Gasteiger partial charge in [-0.3, -0.25) is 4.79 Å². The predicted octanol–water partition coefficient (Wildman–Crippen LogP) is 1.04. The number of fused-ring (bicyclic) bond motifs is 1. The molecule has 0 spiro atoms. The van der Waals surface area contributed by atoms with Gasteiger partial charge in [-0.05, 0) is 25.1 Å². The molecule has 0 bridgehead atoms. The summed E-state index contributed by atoms with van der Waals surface area (Å²) in [5.41, 5.74) is 6.60. The molecule has 1 atom stereocenters. The Morgan fingerprint density at radius 3 is 2.94 bits per heavy atom. The summed E-state index contributed by atoms with van der Waals surface area (Å²) in [5, 5.41) is 10.1. The summed E-state index contributed by atoms with van der Waals surface area (Å²) in [6, 6.07) is 5.19. The molecule has 1 aliphatic rings. The molecule has 2 heterocycles. The number of ether oxygens (including phenoxy) is 1. The lowest BCUT2D eigenvalue weighted by molar-refractivity contribution is -0.122. The molecule has 1 aliphatic heterocycles. The zero-order valence-corrected chi connectivity index (χ0v) is 9.51. The highest BCUT2D eigenvalue weighted by atomic mass is 16.5. The van der Waals surface area contributed by atoms with Crippen molar-refractivity contribution in [3.05, 3.63) is 18.2 Å². The lowest BCUT2D eigenvalue weighted by atomic mass is 10.1. The third kappa shape index (κ3) is 1.65. The zero-order valence-electron chi connectivity index (χ0n) is 9.51. The van der Waals surface area contributed by atoms with Crippen LogP contribution >= 0.6 is 0 Å². The molecule has 18 heavy (non-hydrogen) atoms. The van der Waals surface area contributed by atoms with Crippen molar-refractivity contribution >= 4 is 17.6 Å². The second-order valence-corrected chi connectivity index (χ2v) is 3.91. The quantitative estimate of drug-likeness (QED) is 0.779. The number of carbonyl (C=O) groups is 1. The van der Waals surface area contributed by atoms with Crippen molar-refractivity contribution in [2.24, 2.45) is 0 Å². The summed E-state index contributed by atoms with van der Waals surface area (Å²) in [4.78, 5) is 11.5. The van der Waals surface area contributed by atoms with Crippen LogP contribution in [0.4, 0.5) is 11.7 Å². The monoisotopic (exact) mass is 246 g/mol. The number of carbonyl (C=O) groups excluding carboxylic acids is 1. The zero-order chi connectivity index (χ0) is 12.7. The molecule has 7 nitrogen and oxygen atoms in total. The van der Waals surface area contributed by atoms with Gasteiger partial charge in [-0.25, -0.2) is 0 Å². The van der Waals surface area contributed by atoms with Gasteiger partial charge in [0.25, 0.3) is 5.91 Å². The molecule has 0 saturated carbocycles. The van der Waals surface area contributed by atoms with Gasteiger partial charge < -0.3 is 20.2 Å². The molecule has 1 amide bonds. The number of nitrogens with one attached hydrogen (secondary N) is 1. The Bertz CT molecular complexity index is 623. The SMILES string of the molecule is CC1Oc2ccc(-c3nnc(N)o3)cc2NC1=O. The fourth-order valence-corrected chi connectivity index (χ4v) is 1.69. The highest BCUT2D eigenvalue weighted by molar-refractivity contribution is 5.98. The maximum atomic E-state index is 11.5. The number of aromatic nitrogens is 2. The Morgan fingerprint density at radius 1 is 1.39 bits per heavy atom. The van der Waals surface area contributed by atoms with E-state index in [1.807, 2.05) is 0 Å². The van der Waals surface area contributed by atoms with E-state index in [-0.39, 0.29) is 11.9 Å². The van der Waals surface area contributed by atoms with Crippen LogP contribution in [0, 0.1) is 0 Å². The third-order valence-corrected chi connectivity index (χ3v) is 2.60. The predicted molar refractivity (Wildman–Crippen MR) is 62.9 cm³/mol. The molecule has 1 aromatic carbocycles. The molecule has 1 aromatic heterocycles. The first-order valence-corrected chi connectivity index (χ1v) is 5.34. The first-order valence-electron chi connectivity index (χ1n) is 5.34. The van der Waals surface area contributed by atoms with E-state index in [9.17, 15) is 4.79 Å². The van der Waals surface area contributed by atoms with Crippen LogP contribution in [0.25, 0.3) is 11.5 Å². The van der Waals surface area contributed by atoms with Crippen molar-refractivity contribution in [1.29, 1.82) is 0 Å². The van der Waals surface area contributed by atoms with Crippen LogP contribution in [0.3, 0.4) is 0 Å². The largest absolute Gasteiger partial charge is 0.479 e. The number of amides is 1. The number of nitrogens with two attached hydrogens (primary N) is 1. The minimum atomic E-state index is -0.498. The van der Waals surface area contributed by atoms with E-state index in [1.165, 1.54) is 0 Å². The smallest absolute Gasteiger partial charge is 0.313 e. The average molecular weight is 246 g/mol. The number of rotatable bonds is 1. The summed E-state index contributed by atoms with van der Waals surface area (Å²) >= 11 is 0. The van der Waals surface area contributed by atoms with Crippen molar-refractivity contribution in [3.63, 3.8) is 0 Å². The molecule has 3 N–H and O–H groups in total. The Kier molecular flexibility index (Phi) is 2.19. The maximum absolute atomic E-state index is 11.5.